The van der Waals surface area contributed by atoms with Crippen LogP contribution in [-0.4, -0.2) is 59.6 Å². The van der Waals surface area contributed by atoms with Crippen LogP contribution in [0.3, 0.4) is 0 Å². The molecule has 1 aromatic heterocycles. The summed E-state index contributed by atoms with van der Waals surface area (Å²) < 4.78 is 0. The molecule has 1 saturated heterocycles. The average molecular weight is 283 g/mol. The average Bonchev–Trinajstić information content (AvgIpc) is 2.76. The van der Waals surface area contributed by atoms with E-state index >= 15 is 0 Å². The highest BCUT2D eigenvalue weighted by molar-refractivity contribution is 7.14. The second kappa shape index (κ2) is 5.58. The van der Waals surface area contributed by atoms with Gasteiger partial charge in [0.1, 0.15) is 5.00 Å². The lowest BCUT2D eigenvalue weighted by Crippen LogP contribution is -2.53. The van der Waals surface area contributed by atoms with E-state index in [0.717, 1.165) is 13.1 Å². The van der Waals surface area contributed by atoms with Crippen LogP contribution < -0.4 is 5.32 Å². The zero-order valence-corrected chi connectivity index (χ0v) is 11.7. The molecule has 0 spiro atoms. The Labute approximate surface area is 115 Å². The number of carbonyl (C=O) groups excluding carboxylic acids is 1. The summed E-state index contributed by atoms with van der Waals surface area (Å²) in [5, 5.41) is 13.7. The molecule has 2 heterocycles. The van der Waals surface area contributed by atoms with Crippen LogP contribution in [0.2, 0.25) is 0 Å². The van der Waals surface area contributed by atoms with E-state index in [-0.39, 0.29) is 17.6 Å². The van der Waals surface area contributed by atoms with E-state index in [2.05, 4.69) is 10.2 Å². The molecular formula is C12H17N3O3S. The smallest absolute Gasteiger partial charge is 0.338 e. The van der Waals surface area contributed by atoms with Crippen molar-refractivity contribution in [2.45, 2.75) is 13.0 Å². The fourth-order valence-electron chi connectivity index (χ4n) is 2.18. The Morgan fingerprint density at radius 1 is 1.47 bits per heavy atom. The molecule has 0 aliphatic carbocycles. The zero-order valence-electron chi connectivity index (χ0n) is 10.9. The molecule has 1 aliphatic heterocycles. The molecular weight excluding hydrogens is 266 g/mol. The van der Waals surface area contributed by atoms with Gasteiger partial charge in [-0.3, -0.25) is 5.32 Å². The molecule has 0 aromatic carbocycles. The molecule has 0 radical (unpaired) electrons. The van der Waals surface area contributed by atoms with Crippen molar-refractivity contribution in [2.75, 3.05) is 32.0 Å². The number of hydrogen-bond donors (Lipinski definition) is 2. The first kappa shape index (κ1) is 13.8. The largest absolute Gasteiger partial charge is 0.478 e. The monoisotopic (exact) mass is 283 g/mol. The lowest BCUT2D eigenvalue weighted by atomic mass is 10.2. The SMILES string of the molecule is CC1CN(C)CCN1C(=O)Nc1sccc1C(=O)O. The van der Waals surface area contributed by atoms with Crippen molar-refractivity contribution in [3.8, 4) is 0 Å². The van der Waals surface area contributed by atoms with Crippen LogP contribution >= 0.6 is 11.3 Å². The maximum Gasteiger partial charge on any atom is 0.338 e. The summed E-state index contributed by atoms with van der Waals surface area (Å²) in [7, 11) is 2.02. The number of carbonyl (C=O) groups is 2. The molecule has 1 atom stereocenters. The van der Waals surface area contributed by atoms with Crippen molar-refractivity contribution in [1.29, 1.82) is 0 Å². The van der Waals surface area contributed by atoms with Gasteiger partial charge in [-0.25, -0.2) is 9.59 Å². The Hall–Kier alpha value is -1.60. The molecule has 0 bridgehead atoms. The van der Waals surface area contributed by atoms with Crippen molar-refractivity contribution in [3.63, 3.8) is 0 Å². The lowest BCUT2D eigenvalue weighted by molar-refractivity contribution is 0.0698. The van der Waals surface area contributed by atoms with Gasteiger partial charge in [0.2, 0.25) is 0 Å². The van der Waals surface area contributed by atoms with Crippen LogP contribution in [0.15, 0.2) is 11.4 Å². The fourth-order valence-corrected chi connectivity index (χ4v) is 2.95. The van der Waals surface area contributed by atoms with E-state index in [1.54, 1.807) is 10.3 Å². The molecule has 2 N–H and O–H groups in total. The molecule has 2 amide bonds. The van der Waals surface area contributed by atoms with Gasteiger partial charge >= 0.3 is 12.0 Å². The number of carboxylic acids is 1. The number of nitrogens with one attached hydrogen (secondary N) is 1. The third-order valence-electron chi connectivity index (χ3n) is 3.21. The Morgan fingerprint density at radius 2 is 2.21 bits per heavy atom. The van der Waals surface area contributed by atoms with Gasteiger partial charge in [0.25, 0.3) is 0 Å². The van der Waals surface area contributed by atoms with E-state index in [1.807, 2.05) is 14.0 Å². The Balaban J connectivity index is 2.05. The third kappa shape index (κ3) is 3.05. The van der Waals surface area contributed by atoms with Crippen molar-refractivity contribution in [3.05, 3.63) is 17.0 Å². The standard InChI is InChI=1S/C12H17N3O3S/c1-8-7-14(2)4-5-15(8)12(18)13-10-9(11(16)17)3-6-19-10/h3,6,8H,4-5,7H2,1-2H3,(H,13,18)(H,16,17). The van der Waals surface area contributed by atoms with Crippen LogP contribution in [-0.2, 0) is 0 Å². The third-order valence-corrected chi connectivity index (χ3v) is 4.04. The molecule has 104 valence electrons. The van der Waals surface area contributed by atoms with Gasteiger partial charge < -0.3 is 14.9 Å². The normalized spacial score (nSPS) is 20.3. The highest BCUT2D eigenvalue weighted by Crippen LogP contribution is 2.24. The van der Waals surface area contributed by atoms with Gasteiger partial charge in [-0.05, 0) is 25.4 Å². The number of urea groups is 1. The summed E-state index contributed by atoms with van der Waals surface area (Å²) in [5.41, 5.74) is 0.139. The van der Waals surface area contributed by atoms with Gasteiger partial charge in [0, 0.05) is 25.7 Å². The minimum Gasteiger partial charge on any atom is -0.478 e. The molecule has 0 saturated carbocycles. The molecule has 19 heavy (non-hydrogen) atoms. The van der Waals surface area contributed by atoms with Crippen LogP contribution in [0.5, 0.6) is 0 Å². The Bertz CT molecular complexity index is 488. The molecule has 2 rings (SSSR count). The molecule has 1 unspecified atom stereocenters. The highest BCUT2D eigenvalue weighted by atomic mass is 32.1. The second-order valence-electron chi connectivity index (χ2n) is 4.70. The number of piperazine rings is 1. The quantitative estimate of drug-likeness (QED) is 0.865. The summed E-state index contributed by atoms with van der Waals surface area (Å²) in [6.07, 6.45) is 0. The summed E-state index contributed by atoms with van der Waals surface area (Å²) >= 11 is 1.22. The number of thiophene rings is 1. The molecule has 1 fully saturated rings. The van der Waals surface area contributed by atoms with Crippen molar-refractivity contribution < 1.29 is 14.7 Å². The number of carboxylic acid groups (broad SMARTS) is 1. The van der Waals surface area contributed by atoms with E-state index in [9.17, 15) is 9.59 Å². The first-order valence-electron chi connectivity index (χ1n) is 6.06. The van der Waals surface area contributed by atoms with Crippen LogP contribution in [0.1, 0.15) is 17.3 Å². The lowest BCUT2D eigenvalue weighted by Gasteiger charge is -2.38. The van der Waals surface area contributed by atoms with E-state index in [1.165, 1.54) is 17.4 Å². The van der Waals surface area contributed by atoms with Crippen LogP contribution in [0, 0.1) is 0 Å². The minimum absolute atomic E-state index is 0.118. The van der Waals surface area contributed by atoms with Gasteiger partial charge in [-0.1, -0.05) is 0 Å². The van der Waals surface area contributed by atoms with Crippen molar-refractivity contribution >= 4 is 28.3 Å². The van der Waals surface area contributed by atoms with E-state index in [4.69, 9.17) is 5.11 Å². The summed E-state index contributed by atoms with van der Waals surface area (Å²) in [4.78, 5) is 27.1. The highest BCUT2D eigenvalue weighted by Gasteiger charge is 2.26. The van der Waals surface area contributed by atoms with Gasteiger partial charge in [-0.2, -0.15) is 0 Å². The van der Waals surface area contributed by atoms with E-state index in [0.29, 0.717) is 11.5 Å². The maximum absolute atomic E-state index is 12.2. The second-order valence-corrected chi connectivity index (χ2v) is 5.62. The summed E-state index contributed by atoms with van der Waals surface area (Å²) in [6, 6.07) is 1.38. The number of amides is 2. The van der Waals surface area contributed by atoms with Gasteiger partial charge in [0.05, 0.1) is 5.56 Å². The van der Waals surface area contributed by atoms with Crippen molar-refractivity contribution in [1.82, 2.24) is 9.80 Å². The Morgan fingerprint density at radius 3 is 2.84 bits per heavy atom. The number of nitrogens with zero attached hydrogens (tertiary/aromatic N) is 2. The molecule has 7 heteroatoms. The number of rotatable bonds is 2. The summed E-state index contributed by atoms with van der Waals surface area (Å²) in [5.74, 6) is -1.03. The predicted octanol–water partition coefficient (Wildman–Crippen LogP) is 1.61. The number of aromatic carboxylic acids is 1. The number of anilines is 1. The fraction of sp³-hybridized carbons (Fsp3) is 0.500. The van der Waals surface area contributed by atoms with Gasteiger partial charge in [-0.15, -0.1) is 11.3 Å². The molecule has 6 nitrogen and oxygen atoms in total. The Kier molecular flexibility index (Phi) is 4.06. The summed E-state index contributed by atoms with van der Waals surface area (Å²) in [6.45, 7) is 4.29. The zero-order chi connectivity index (χ0) is 14.0. The van der Waals surface area contributed by atoms with Crippen molar-refractivity contribution in [2.24, 2.45) is 0 Å². The topological polar surface area (TPSA) is 72.9 Å². The van der Waals surface area contributed by atoms with Crippen LogP contribution in [0.25, 0.3) is 0 Å². The van der Waals surface area contributed by atoms with E-state index < -0.39 is 5.97 Å². The molecule has 1 aromatic rings. The number of likely N-dealkylation sites (N-methyl/N-ethyl adjacent to an activating group) is 1. The van der Waals surface area contributed by atoms with Gasteiger partial charge in [0.15, 0.2) is 0 Å². The minimum atomic E-state index is -1.03. The first-order valence-corrected chi connectivity index (χ1v) is 6.94. The van der Waals surface area contributed by atoms with Crippen LogP contribution in [0.4, 0.5) is 9.80 Å². The first-order chi connectivity index (χ1) is 8.99. The number of hydrogen-bond acceptors (Lipinski definition) is 4. The molecule has 1 aliphatic rings. The maximum atomic E-state index is 12.2. The predicted molar refractivity (Wildman–Crippen MR) is 74.0 cm³/mol.